The van der Waals surface area contributed by atoms with Crippen LogP contribution in [-0.2, 0) is 4.74 Å². The van der Waals surface area contributed by atoms with Crippen molar-refractivity contribution >= 4 is 34.4 Å². The summed E-state index contributed by atoms with van der Waals surface area (Å²) in [6.45, 7) is 1.44. The number of fused-ring (bicyclic) bond motifs is 1. The third-order valence-corrected chi connectivity index (χ3v) is 4.78. The van der Waals surface area contributed by atoms with Crippen molar-refractivity contribution in [2.45, 2.75) is 18.9 Å². The number of aromatic nitrogens is 4. The number of ether oxygens (including phenoxy) is 1. The molecule has 2 amide bonds. The normalized spacial score (nSPS) is 15.0. The molecule has 2 aromatic heterocycles. The number of carbonyl (C=O) groups is 1. The number of nitrogens with zero attached hydrogens (tertiary/aromatic N) is 4. The first-order valence-electron chi connectivity index (χ1n) is 8.73. The Morgan fingerprint density at radius 1 is 1.22 bits per heavy atom. The molecule has 1 fully saturated rings. The fraction of sp³-hybridized carbons (Fsp3) is 0.333. The molecule has 0 bridgehead atoms. The minimum Gasteiger partial charge on any atom is -0.381 e. The smallest absolute Gasteiger partial charge is 0.318 e. The summed E-state index contributed by atoms with van der Waals surface area (Å²) < 4.78 is 7.37. The van der Waals surface area contributed by atoms with Crippen LogP contribution in [-0.4, -0.2) is 46.0 Å². The number of amides is 2. The SMILES string of the molecule is CNC(=O)Nc1ccc(-c2nc(Cl)nc3c2cnn3C2CCOCC2)cc1. The molecule has 3 heterocycles. The predicted molar refractivity (Wildman–Crippen MR) is 103 cm³/mol. The van der Waals surface area contributed by atoms with Gasteiger partial charge < -0.3 is 15.4 Å². The van der Waals surface area contributed by atoms with Gasteiger partial charge in [0.1, 0.15) is 0 Å². The summed E-state index contributed by atoms with van der Waals surface area (Å²) in [5, 5.41) is 10.8. The number of carbonyl (C=O) groups excluding carboxylic acids is 1. The third kappa shape index (κ3) is 3.58. The highest BCUT2D eigenvalue weighted by molar-refractivity contribution is 6.28. The van der Waals surface area contributed by atoms with E-state index in [9.17, 15) is 4.79 Å². The number of urea groups is 1. The lowest BCUT2D eigenvalue weighted by molar-refractivity contribution is 0.0673. The Labute approximate surface area is 160 Å². The lowest BCUT2D eigenvalue weighted by atomic mass is 10.1. The van der Waals surface area contributed by atoms with Crippen LogP contribution < -0.4 is 10.6 Å². The fourth-order valence-corrected chi connectivity index (χ4v) is 3.39. The van der Waals surface area contributed by atoms with Gasteiger partial charge in [-0.2, -0.15) is 10.1 Å². The number of halogens is 1. The fourth-order valence-electron chi connectivity index (χ4n) is 3.22. The van der Waals surface area contributed by atoms with Crippen LogP contribution in [0.15, 0.2) is 30.5 Å². The van der Waals surface area contributed by atoms with E-state index in [0.717, 1.165) is 48.3 Å². The molecule has 0 saturated carbocycles. The van der Waals surface area contributed by atoms with Crippen molar-refractivity contribution in [3.05, 3.63) is 35.7 Å². The maximum Gasteiger partial charge on any atom is 0.318 e. The molecule has 1 saturated heterocycles. The number of hydrogen-bond donors (Lipinski definition) is 2. The summed E-state index contributed by atoms with van der Waals surface area (Å²) >= 11 is 6.21. The Kier molecular flexibility index (Phi) is 4.91. The largest absolute Gasteiger partial charge is 0.381 e. The molecule has 0 aliphatic carbocycles. The number of rotatable bonds is 3. The van der Waals surface area contributed by atoms with E-state index in [-0.39, 0.29) is 17.4 Å². The van der Waals surface area contributed by atoms with Crippen molar-refractivity contribution < 1.29 is 9.53 Å². The monoisotopic (exact) mass is 386 g/mol. The van der Waals surface area contributed by atoms with Crippen LogP contribution in [0.3, 0.4) is 0 Å². The van der Waals surface area contributed by atoms with Crippen LogP contribution in [0.2, 0.25) is 5.28 Å². The van der Waals surface area contributed by atoms with Crippen LogP contribution in [0, 0.1) is 0 Å². The second-order valence-corrected chi connectivity index (χ2v) is 6.63. The number of benzene rings is 1. The van der Waals surface area contributed by atoms with Gasteiger partial charge in [0.05, 0.1) is 23.3 Å². The summed E-state index contributed by atoms with van der Waals surface area (Å²) in [5.41, 5.74) is 3.00. The molecule has 140 valence electrons. The quantitative estimate of drug-likeness (QED) is 0.674. The summed E-state index contributed by atoms with van der Waals surface area (Å²) in [6, 6.07) is 7.37. The van der Waals surface area contributed by atoms with Gasteiger partial charge in [0.25, 0.3) is 0 Å². The number of nitrogens with one attached hydrogen (secondary N) is 2. The van der Waals surface area contributed by atoms with Crippen molar-refractivity contribution in [2.24, 2.45) is 0 Å². The van der Waals surface area contributed by atoms with E-state index >= 15 is 0 Å². The Hall–Kier alpha value is -2.71. The van der Waals surface area contributed by atoms with Crippen LogP contribution in [0.25, 0.3) is 22.3 Å². The van der Waals surface area contributed by atoms with Crippen LogP contribution in [0.5, 0.6) is 0 Å². The maximum absolute atomic E-state index is 11.4. The van der Waals surface area contributed by atoms with Crippen molar-refractivity contribution in [1.29, 1.82) is 0 Å². The standard InChI is InChI=1S/C18H19ClN6O2/c1-20-18(26)22-12-4-2-11(3-5-12)15-14-10-21-25(13-6-8-27-9-7-13)16(14)24-17(19)23-15/h2-5,10,13H,6-9H2,1H3,(H2,20,22,26). The topological polar surface area (TPSA) is 94.0 Å². The zero-order valence-corrected chi connectivity index (χ0v) is 15.5. The molecule has 0 atom stereocenters. The lowest BCUT2D eigenvalue weighted by Crippen LogP contribution is -2.24. The van der Waals surface area contributed by atoms with Gasteiger partial charge >= 0.3 is 6.03 Å². The average molecular weight is 387 g/mol. The highest BCUT2D eigenvalue weighted by Gasteiger charge is 2.21. The molecule has 27 heavy (non-hydrogen) atoms. The molecular formula is C18H19ClN6O2. The first-order chi connectivity index (χ1) is 13.2. The Bertz CT molecular complexity index is 966. The van der Waals surface area contributed by atoms with E-state index < -0.39 is 0 Å². The van der Waals surface area contributed by atoms with Gasteiger partial charge in [-0.05, 0) is 36.6 Å². The summed E-state index contributed by atoms with van der Waals surface area (Å²) in [6.07, 6.45) is 3.58. The first kappa shape index (κ1) is 17.7. The molecule has 3 aromatic rings. The zero-order chi connectivity index (χ0) is 18.8. The predicted octanol–water partition coefficient (Wildman–Crippen LogP) is 3.25. The highest BCUT2D eigenvalue weighted by atomic mass is 35.5. The zero-order valence-electron chi connectivity index (χ0n) is 14.8. The van der Waals surface area contributed by atoms with Crippen molar-refractivity contribution in [3.63, 3.8) is 0 Å². The molecule has 1 aliphatic rings. The molecule has 0 spiro atoms. The third-order valence-electron chi connectivity index (χ3n) is 4.61. The maximum atomic E-state index is 11.4. The molecule has 1 aliphatic heterocycles. The lowest BCUT2D eigenvalue weighted by Gasteiger charge is -2.22. The number of hydrogen-bond acceptors (Lipinski definition) is 5. The van der Waals surface area contributed by atoms with E-state index in [2.05, 4.69) is 25.7 Å². The van der Waals surface area contributed by atoms with E-state index in [4.69, 9.17) is 16.3 Å². The highest BCUT2D eigenvalue weighted by Crippen LogP contribution is 2.31. The first-order valence-corrected chi connectivity index (χ1v) is 9.11. The van der Waals surface area contributed by atoms with Gasteiger partial charge in [0.2, 0.25) is 5.28 Å². The van der Waals surface area contributed by atoms with Crippen LogP contribution in [0.1, 0.15) is 18.9 Å². The molecule has 0 radical (unpaired) electrons. The minimum absolute atomic E-state index is 0.180. The van der Waals surface area contributed by atoms with Crippen molar-refractivity contribution in [2.75, 3.05) is 25.6 Å². The summed E-state index contributed by atoms with van der Waals surface area (Å²) in [7, 11) is 1.57. The van der Waals surface area contributed by atoms with Gasteiger partial charge in [0.15, 0.2) is 5.65 Å². The molecular weight excluding hydrogens is 368 g/mol. The Morgan fingerprint density at radius 2 is 1.96 bits per heavy atom. The second-order valence-electron chi connectivity index (χ2n) is 6.29. The van der Waals surface area contributed by atoms with Gasteiger partial charge in [0, 0.05) is 31.5 Å². The van der Waals surface area contributed by atoms with E-state index in [1.807, 2.05) is 28.9 Å². The second kappa shape index (κ2) is 7.50. The van der Waals surface area contributed by atoms with Gasteiger partial charge in [-0.1, -0.05) is 12.1 Å². The van der Waals surface area contributed by atoms with Crippen LogP contribution in [0.4, 0.5) is 10.5 Å². The molecule has 2 N–H and O–H groups in total. The Balaban J connectivity index is 1.71. The van der Waals surface area contributed by atoms with Crippen molar-refractivity contribution in [3.8, 4) is 11.3 Å². The van der Waals surface area contributed by atoms with Crippen molar-refractivity contribution in [1.82, 2.24) is 25.1 Å². The Morgan fingerprint density at radius 3 is 2.67 bits per heavy atom. The molecule has 8 nitrogen and oxygen atoms in total. The molecule has 0 unspecified atom stereocenters. The molecule has 4 rings (SSSR count). The summed E-state index contributed by atoms with van der Waals surface area (Å²) in [5.74, 6) is 0. The van der Waals surface area contributed by atoms with E-state index in [1.165, 1.54) is 0 Å². The van der Waals surface area contributed by atoms with E-state index in [0.29, 0.717) is 5.69 Å². The molecule has 1 aromatic carbocycles. The van der Waals surface area contributed by atoms with Gasteiger partial charge in [-0.3, -0.25) is 0 Å². The number of anilines is 1. The van der Waals surface area contributed by atoms with Gasteiger partial charge in [-0.25, -0.2) is 14.5 Å². The minimum atomic E-state index is -0.270. The average Bonchev–Trinajstić information content (AvgIpc) is 3.12. The van der Waals surface area contributed by atoms with Crippen LogP contribution >= 0.6 is 11.6 Å². The molecule has 9 heteroatoms. The summed E-state index contributed by atoms with van der Waals surface area (Å²) in [4.78, 5) is 20.3. The van der Waals surface area contributed by atoms with Gasteiger partial charge in [-0.15, -0.1) is 0 Å². The van der Waals surface area contributed by atoms with E-state index in [1.54, 1.807) is 13.2 Å².